The molecule has 0 bridgehead atoms. The van der Waals surface area contributed by atoms with Gasteiger partial charge in [0.2, 0.25) is 5.91 Å². The fraction of sp³-hybridized carbons (Fsp3) is 0.800. The van der Waals surface area contributed by atoms with Crippen LogP contribution in [0.4, 0.5) is 4.79 Å². The molecular formula is C10H17N3O2. The lowest BCUT2D eigenvalue weighted by Crippen LogP contribution is -2.41. The van der Waals surface area contributed by atoms with Gasteiger partial charge in [-0.3, -0.25) is 4.79 Å². The molecule has 0 aromatic heterocycles. The van der Waals surface area contributed by atoms with Gasteiger partial charge in [-0.15, -0.1) is 0 Å². The number of carbonyl (C=O) groups excluding carboxylic acids is 2. The molecule has 0 spiro atoms. The number of rotatable bonds is 2. The number of nitrogens with zero attached hydrogens (tertiary/aromatic N) is 1. The Balaban J connectivity index is 1.91. The van der Waals surface area contributed by atoms with E-state index in [4.69, 9.17) is 5.73 Å². The van der Waals surface area contributed by atoms with Crippen molar-refractivity contribution in [3.63, 3.8) is 0 Å². The second-order valence-corrected chi connectivity index (χ2v) is 4.39. The molecule has 1 aliphatic heterocycles. The number of amides is 3. The number of nitrogens with one attached hydrogen (secondary N) is 1. The number of carbonyl (C=O) groups is 2. The van der Waals surface area contributed by atoms with Gasteiger partial charge in [0.05, 0.1) is 6.04 Å². The van der Waals surface area contributed by atoms with E-state index in [0.717, 1.165) is 12.8 Å². The van der Waals surface area contributed by atoms with Gasteiger partial charge in [0, 0.05) is 19.0 Å². The topological polar surface area (TPSA) is 75.4 Å². The monoisotopic (exact) mass is 211 g/mol. The zero-order valence-corrected chi connectivity index (χ0v) is 8.74. The molecule has 0 radical (unpaired) electrons. The van der Waals surface area contributed by atoms with Crippen molar-refractivity contribution in [3.05, 3.63) is 0 Å². The summed E-state index contributed by atoms with van der Waals surface area (Å²) in [5.74, 6) is 0.153. The molecule has 1 saturated heterocycles. The Kier molecular flexibility index (Phi) is 2.79. The van der Waals surface area contributed by atoms with Gasteiger partial charge in [-0.25, -0.2) is 4.79 Å². The lowest BCUT2D eigenvalue weighted by atomic mass is 10.2. The van der Waals surface area contributed by atoms with Gasteiger partial charge in [0.15, 0.2) is 0 Å². The third kappa shape index (κ3) is 2.22. The van der Waals surface area contributed by atoms with E-state index in [-0.39, 0.29) is 11.9 Å². The highest BCUT2D eigenvalue weighted by Gasteiger charge is 2.35. The minimum absolute atomic E-state index is 0.0874. The minimum Gasteiger partial charge on any atom is -0.352 e. The average molecular weight is 211 g/mol. The number of primary amides is 1. The Bertz CT molecular complexity index is 274. The number of hydrogen-bond acceptors (Lipinski definition) is 2. The minimum atomic E-state index is -0.541. The summed E-state index contributed by atoms with van der Waals surface area (Å²) in [6.45, 7) is 0.631. The van der Waals surface area contributed by atoms with Gasteiger partial charge in [-0.2, -0.15) is 0 Å². The second-order valence-electron chi connectivity index (χ2n) is 4.39. The van der Waals surface area contributed by atoms with Crippen LogP contribution in [0, 0.1) is 0 Å². The quantitative estimate of drug-likeness (QED) is 0.684. The molecule has 1 atom stereocenters. The van der Waals surface area contributed by atoms with Crippen LogP contribution in [-0.2, 0) is 4.79 Å². The lowest BCUT2D eigenvalue weighted by molar-refractivity contribution is -0.129. The maximum atomic E-state index is 11.7. The van der Waals surface area contributed by atoms with E-state index in [0.29, 0.717) is 19.0 Å². The van der Waals surface area contributed by atoms with Gasteiger partial charge >= 0.3 is 6.03 Å². The summed E-state index contributed by atoms with van der Waals surface area (Å²) in [5, 5.41) is 2.60. The van der Waals surface area contributed by atoms with Crippen LogP contribution < -0.4 is 11.1 Å². The van der Waals surface area contributed by atoms with Crippen LogP contribution in [0.3, 0.4) is 0 Å². The second kappa shape index (κ2) is 4.08. The van der Waals surface area contributed by atoms with Crippen molar-refractivity contribution >= 4 is 11.9 Å². The smallest absolute Gasteiger partial charge is 0.312 e. The number of urea groups is 1. The van der Waals surface area contributed by atoms with Crippen LogP contribution in [0.2, 0.25) is 0 Å². The first-order valence-electron chi connectivity index (χ1n) is 5.52. The fourth-order valence-electron chi connectivity index (χ4n) is 2.60. The van der Waals surface area contributed by atoms with Crippen LogP contribution in [0.15, 0.2) is 0 Å². The van der Waals surface area contributed by atoms with Crippen LogP contribution in [0.25, 0.3) is 0 Å². The molecule has 2 rings (SSSR count). The molecule has 3 N–H and O–H groups in total. The molecule has 5 heteroatoms. The fourth-order valence-corrected chi connectivity index (χ4v) is 2.60. The molecule has 5 nitrogen and oxygen atoms in total. The Labute approximate surface area is 89.0 Å². The van der Waals surface area contributed by atoms with E-state index in [2.05, 4.69) is 5.32 Å². The summed E-state index contributed by atoms with van der Waals surface area (Å²) in [5.41, 5.74) is 5.04. The standard InChI is InChI=1S/C10H17N3O2/c11-10(15)12-7-5-9(14)13(6-7)8-3-1-2-4-8/h7-8H,1-6H2,(H3,11,12,15). The summed E-state index contributed by atoms with van der Waals surface area (Å²) >= 11 is 0. The Morgan fingerprint density at radius 2 is 2.07 bits per heavy atom. The highest BCUT2D eigenvalue weighted by molar-refractivity contribution is 5.81. The van der Waals surface area contributed by atoms with Crippen molar-refractivity contribution in [2.24, 2.45) is 5.73 Å². The SMILES string of the molecule is NC(=O)NC1CC(=O)N(C2CCCC2)C1. The summed E-state index contributed by atoms with van der Waals surface area (Å²) < 4.78 is 0. The number of nitrogens with two attached hydrogens (primary N) is 1. The molecule has 3 amide bonds. The maximum absolute atomic E-state index is 11.7. The van der Waals surface area contributed by atoms with Crippen molar-refractivity contribution < 1.29 is 9.59 Å². The van der Waals surface area contributed by atoms with Crippen LogP contribution in [0.5, 0.6) is 0 Å². The molecule has 1 saturated carbocycles. The Morgan fingerprint density at radius 3 is 2.67 bits per heavy atom. The van der Waals surface area contributed by atoms with Crippen molar-refractivity contribution in [3.8, 4) is 0 Å². The molecule has 0 aromatic carbocycles. The first-order chi connectivity index (χ1) is 7.16. The highest BCUT2D eigenvalue weighted by Crippen LogP contribution is 2.27. The molecule has 0 aromatic rings. The third-order valence-electron chi connectivity index (χ3n) is 3.27. The normalized spacial score (nSPS) is 27.3. The average Bonchev–Trinajstić information content (AvgIpc) is 2.72. The van der Waals surface area contributed by atoms with E-state index in [1.165, 1.54) is 12.8 Å². The van der Waals surface area contributed by atoms with Crippen LogP contribution in [-0.4, -0.2) is 35.5 Å². The summed E-state index contributed by atoms with van der Waals surface area (Å²) in [6, 6.07) is -0.228. The predicted molar refractivity (Wildman–Crippen MR) is 55.1 cm³/mol. The maximum Gasteiger partial charge on any atom is 0.312 e. The Morgan fingerprint density at radius 1 is 1.40 bits per heavy atom. The molecule has 2 fully saturated rings. The molecule has 1 heterocycles. The van der Waals surface area contributed by atoms with E-state index in [1.54, 1.807) is 0 Å². The lowest BCUT2D eigenvalue weighted by Gasteiger charge is -2.23. The zero-order chi connectivity index (χ0) is 10.8. The number of likely N-dealkylation sites (tertiary alicyclic amines) is 1. The van der Waals surface area contributed by atoms with Crippen molar-refractivity contribution in [1.29, 1.82) is 0 Å². The highest BCUT2D eigenvalue weighted by atomic mass is 16.2. The van der Waals surface area contributed by atoms with E-state index in [1.807, 2.05) is 4.90 Å². The first kappa shape index (κ1) is 10.3. The van der Waals surface area contributed by atoms with E-state index >= 15 is 0 Å². The Hall–Kier alpha value is -1.26. The van der Waals surface area contributed by atoms with Gasteiger partial charge in [-0.05, 0) is 12.8 Å². The largest absolute Gasteiger partial charge is 0.352 e. The summed E-state index contributed by atoms with van der Waals surface area (Å²) in [6.07, 6.45) is 5.04. The molecule has 15 heavy (non-hydrogen) atoms. The molecule has 1 aliphatic carbocycles. The van der Waals surface area contributed by atoms with Gasteiger partial charge in [0.1, 0.15) is 0 Å². The van der Waals surface area contributed by atoms with Crippen molar-refractivity contribution in [1.82, 2.24) is 10.2 Å². The summed E-state index contributed by atoms with van der Waals surface area (Å²) in [4.78, 5) is 24.3. The first-order valence-corrected chi connectivity index (χ1v) is 5.52. The molecular weight excluding hydrogens is 194 g/mol. The van der Waals surface area contributed by atoms with Crippen LogP contribution >= 0.6 is 0 Å². The zero-order valence-electron chi connectivity index (χ0n) is 8.74. The van der Waals surface area contributed by atoms with Crippen molar-refractivity contribution in [2.75, 3.05) is 6.54 Å². The molecule has 1 unspecified atom stereocenters. The predicted octanol–water partition coefficient (Wildman–Crippen LogP) is 0.198. The molecule has 2 aliphatic rings. The van der Waals surface area contributed by atoms with Crippen LogP contribution in [0.1, 0.15) is 32.1 Å². The van der Waals surface area contributed by atoms with Crippen molar-refractivity contribution in [2.45, 2.75) is 44.2 Å². The number of hydrogen-bond donors (Lipinski definition) is 2. The van der Waals surface area contributed by atoms with Gasteiger partial charge in [-0.1, -0.05) is 12.8 Å². The van der Waals surface area contributed by atoms with Gasteiger partial charge < -0.3 is 16.0 Å². The van der Waals surface area contributed by atoms with Gasteiger partial charge in [0.25, 0.3) is 0 Å². The van der Waals surface area contributed by atoms with E-state index < -0.39 is 6.03 Å². The third-order valence-corrected chi connectivity index (χ3v) is 3.27. The summed E-state index contributed by atoms with van der Waals surface area (Å²) in [7, 11) is 0. The molecule has 84 valence electrons. The van der Waals surface area contributed by atoms with E-state index in [9.17, 15) is 9.59 Å².